The number of fused-ring (bicyclic) bond motifs is 1. The van der Waals surface area contributed by atoms with E-state index in [0.29, 0.717) is 29.6 Å². The van der Waals surface area contributed by atoms with E-state index in [4.69, 9.17) is 0 Å². The number of amides is 1. The lowest BCUT2D eigenvalue weighted by Gasteiger charge is -2.16. The Morgan fingerprint density at radius 3 is 2.68 bits per heavy atom. The molecule has 0 aliphatic heterocycles. The molecule has 3 aromatic rings. The number of nitrogens with one attached hydrogen (secondary N) is 1. The largest absolute Gasteiger partial charge is 0.504 e. The van der Waals surface area contributed by atoms with Gasteiger partial charge in [-0.1, -0.05) is 30.3 Å². The Bertz CT molecular complexity index is 1020. The fourth-order valence-corrected chi connectivity index (χ4v) is 3.48. The molecule has 1 amide bonds. The monoisotopic (exact) mass is 379 g/mol. The van der Waals surface area contributed by atoms with Gasteiger partial charge in [-0.2, -0.15) is 0 Å². The summed E-state index contributed by atoms with van der Waals surface area (Å²) < 4.78 is 1.77. The van der Waals surface area contributed by atoms with Gasteiger partial charge < -0.3 is 19.9 Å². The maximum Gasteiger partial charge on any atom is 0.253 e. The number of aliphatic hydroxyl groups excluding tert-OH is 1. The molecule has 3 N–H and O–H groups in total. The molecule has 4 rings (SSSR count). The highest BCUT2D eigenvalue weighted by atomic mass is 16.3. The summed E-state index contributed by atoms with van der Waals surface area (Å²) in [6.45, 7) is 3.79. The number of aromatic nitrogens is 2. The van der Waals surface area contributed by atoms with E-state index in [-0.39, 0.29) is 17.7 Å². The summed E-state index contributed by atoms with van der Waals surface area (Å²) in [4.78, 5) is 17.3. The number of carbonyl (C=O) groups excluding carboxylic acids is 1. The molecule has 0 bridgehead atoms. The summed E-state index contributed by atoms with van der Waals surface area (Å²) in [5, 5.41) is 24.4. The fraction of sp³-hybridized carbons (Fsp3) is 0.364. The first-order chi connectivity index (χ1) is 13.5. The van der Waals surface area contributed by atoms with Crippen LogP contribution in [-0.2, 0) is 6.42 Å². The molecule has 1 aromatic carbocycles. The van der Waals surface area contributed by atoms with Gasteiger partial charge in [0.25, 0.3) is 5.91 Å². The predicted octanol–water partition coefficient (Wildman–Crippen LogP) is 3.22. The van der Waals surface area contributed by atoms with Crippen LogP contribution in [0.2, 0.25) is 0 Å². The second-order valence-electron chi connectivity index (χ2n) is 7.56. The molecule has 2 heterocycles. The van der Waals surface area contributed by atoms with Crippen LogP contribution in [0.15, 0.2) is 36.5 Å². The predicted molar refractivity (Wildman–Crippen MR) is 107 cm³/mol. The first-order valence-corrected chi connectivity index (χ1v) is 9.69. The van der Waals surface area contributed by atoms with Crippen LogP contribution in [0.25, 0.3) is 5.65 Å². The molecule has 6 heteroatoms. The molecular formula is C22H25N3O3. The van der Waals surface area contributed by atoms with E-state index in [1.165, 1.54) is 0 Å². The molecule has 2 aromatic heterocycles. The van der Waals surface area contributed by atoms with Crippen molar-refractivity contribution in [1.82, 2.24) is 14.7 Å². The third kappa shape index (κ3) is 3.47. The van der Waals surface area contributed by atoms with E-state index in [1.54, 1.807) is 10.6 Å². The summed E-state index contributed by atoms with van der Waals surface area (Å²) in [5.41, 5.74) is 3.94. The van der Waals surface area contributed by atoms with E-state index >= 15 is 0 Å². The zero-order chi connectivity index (χ0) is 19.8. The van der Waals surface area contributed by atoms with Crippen molar-refractivity contribution in [1.29, 1.82) is 0 Å². The van der Waals surface area contributed by atoms with Crippen molar-refractivity contribution in [2.24, 2.45) is 0 Å². The number of hydrogen-bond donors (Lipinski definition) is 3. The number of aromatic hydroxyl groups is 1. The summed E-state index contributed by atoms with van der Waals surface area (Å²) >= 11 is 0. The van der Waals surface area contributed by atoms with E-state index in [9.17, 15) is 15.0 Å². The Hall–Kier alpha value is -2.86. The highest BCUT2D eigenvalue weighted by Crippen LogP contribution is 2.32. The summed E-state index contributed by atoms with van der Waals surface area (Å²) in [7, 11) is 0. The molecule has 0 spiro atoms. The first-order valence-electron chi connectivity index (χ1n) is 9.69. The number of hydrogen-bond acceptors (Lipinski definition) is 4. The summed E-state index contributed by atoms with van der Waals surface area (Å²) in [6.07, 6.45) is 3.84. The van der Waals surface area contributed by atoms with Crippen molar-refractivity contribution in [2.45, 2.75) is 51.7 Å². The highest BCUT2D eigenvalue weighted by Gasteiger charge is 2.27. The molecule has 6 nitrogen and oxygen atoms in total. The van der Waals surface area contributed by atoms with Crippen molar-refractivity contribution < 1.29 is 15.0 Å². The van der Waals surface area contributed by atoms with Gasteiger partial charge in [0.15, 0.2) is 11.4 Å². The van der Waals surface area contributed by atoms with Crippen molar-refractivity contribution in [3.8, 4) is 5.75 Å². The quantitative estimate of drug-likeness (QED) is 0.614. The average molecular weight is 379 g/mol. The zero-order valence-corrected chi connectivity index (χ0v) is 16.1. The molecule has 146 valence electrons. The third-order valence-electron chi connectivity index (χ3n) is 5.48. The minimum Gasteiger partial charge on any atom is -0.504 e. The average Bonchev–Trinajstić information content (AvgIpc) is 3.46. The Morgan fingerprint density at radius 1 is 1.29 bits per heavy atom. The van der Waals surface area contributed by atoms with Crippen molar-refractivity contribution in [2.75, 3.05) is 0 Å². The van der Waals surface area contributed by atoms with Gasteiger partial charge in [-0.25, -0.2) is 4.98 Å². The van der Waals surface area contributed by atoms with Crippen LogP contribution in [0.3, 0.4) is 0 Å². The van der Waals surface area contributed by atoms with Gasteiger partial charge in [-0.05, 0) is 45.1 Å². The van der Waals surface area contributed by atoms with Crippen LogP contribution < -0.4 is 5.32 Å². The summed E-state index contributed by atoms with van der Waals surface area (Å²) in [6, 6.07) is 9.63. The number of rotatable bonds is 6. The van der Waals surface area contributed by atoms with Crippen LogP contribution in [0, 0.1) is 13.8 Å². The summed E-state index contributed by atoms with van der Waals surface area (Å²) in [5.74, 6) is -0.172. The second-order valence-corrected chi connectivity index (χ2v) is 7.56. The van der Waals surface area contributed by atoms with E-state index in [2.05, 4.69) is 10.3 Å². The highest BCUT2D eigenvalue weighted by molar-refractivity contribution is 5.97. The Morgan fingerprint density at radius 2 is 2.00 bits per heavy atom. The standard InChI is InChI=1S/C22H25N3O3/c1-13-14(2)25-12-18(22(28)24-16-8-9-16)17(20(27)21(25)23-13)10-11-19(26)15-6-4-3-5-7-15/h3-7,12,16,19,26-27H,8-11H2,1-2H3,(H,24,28). The van der Waals surface area contributed by atoms with Gasteiger partial charge in [-0.3, -0.25) is 4.79 Å². The number of aryl methyl sites for hydroxylation is 2. The van der Waals surface area contributed by atoms with Crippen LogP contribution in [0.4, 0.5) is 0 Å². The van der Waals surface area contributed by atoms with Crippen LogP contribution in [0.1, 0.15) is 58.2 Å². The van der Waals surface area contributed by atoms with E-state index in [0.717, 1.165) is 29.8 Å². The molecular weight excluding hydrogens is 354 g/mol. The number of aliphatic hydroxyl groups is 1. The molecule has 1 atom stereocenters. The van der Waals surface area contributed by atoms with Crippen LogP contribution in [0.5, 0.6) is 5.75 Å². The number of carbonyl (C=O) groups is 1. The van der Waals surface area contributed by atoms with Crippen LogP contribution >= 0.6 is 0 Å². The molecule has 1 fully saturated rings. The maximum atomic E-state index is 12.8. The molecule has 1 saturated carbocycles. The lowest BCUT2D eigenvalue weighted by atomic mass is 9.98. The Labute approximate surface area is 163 Å². The molecule has 0 saturated heterocycles. The minimum atomic E-state index is -0.667. The van der Waals surface area contributed by atoms with Crippen molar-refractivity contribution >= 4 is 11.6 Å². The van der Waals surface area contributed by atoms with Gasteiger partial charge in [0.2, 0.25) is 0 Å². The van der Waals surface area contributed by atoms with Crippen molar-refractivity contribution in [3.05, 3.63) is 64.6 Å². The first kappa shape index (κ1) is 18.5. The third-order valence-corrected chi connectivity index (χ3v) is 5.48. The number of nitrogens with zero attached hydrogens (tertiary/aromatic N) is 2. The van der Waals surface area contributed by atoms with Gasteiger partial charge in [0.1, 0.15) is 0 Å². The maximum absolute atomic E-state index is 12.8. The lowest BCUT2D eigenvalue weighted by molar-refractivity contribution is 0.0948. The molecule has 28 heavy (non-hydrogen) atoms. The Balaban J connectivity index is 1.69. The molecule has 1 aliphatic rings. The topological polar surface area (TPSA) is 86.9 Å². The SMILES string of the molecule is Cc1nc2c(O)c(CCC(O)c3ccccc3)c(C(=O)NC3CC3)cn2c1C. The zero-order valence-electron chi connectivity index (χ0n) is 16.1. The molecule has 1 aliphatic carbocycles. The van der Waals surface area contributed by atoms with Crippen LogP contribution in [-0.4, -0.2) is 31.5 Å². The van der Waals surface area contributed by atoms with Gasteiger partial charge in [0, 0.05) is 23.5 Å². The van der Waals surface area contributed by atoms with Gasteiger partial charge >= 0.3 is 0 Å². The number of pyridine rings is 1. The van der Waals surface area contributed by atoms with Gasteiger partial charge in [-0.15, -0.1) is 0 Å². The van der Waals surface area contributed by atoms with E-state index < -0.39 is 6.10 Å². The number of imidazole rings is 1. The molecule has 1 unspecified atom stereocenters. The molecule has 0 radical (unpaired) electrons. The van der Waals surface area contributed by atoms with Crippen molar-refractivity contribution in [3.63, 3.8) is 0 Å². The minimum absolute atomic E-state index is 0.0138. The Kier molecular flexibility index (Phi) is 4.81. The fourth-order valence-electron chi connectivity index (χ4n) is 3.48. The van der Waals surface area contributed by atoms with Gasteiger partial charge in [0.05, 0.1) is 17.4 Å². The second kappa shape index (κ2) is 7.28. The normalized spacial score (nSPS) is 15.0. The lowest BCUT2D eigenvalue weighted by Crippen LogP contribution is -2.27. The van der Waals surface area contributed by atoms with E-state index in [1.807, 2.05) is 44.2 Å². The smallest absolute Gasteiger partial charge is 0.253 e. The number of benzene rings is 1.